The number of benzene rings is 1. The van der Waals surface area contributed by atoms with E-state index < -0.39 is 11.7 Å². The number of nitrogens with one attached hydrogen (secondary N) is 2. The molecule has 4 aromatic rings. The number of anilines is 1. The van der Waals surface area contributed by atoms with Gasteiger partial charge < -0.3 is 14.3 Å². The number of carbonyl (C=O) groups is 2. The van der Waals surface area contributed by atoms with E-state index in [-0.39, 0.29) is 36.2 Å². The van der Waals surface area contributed by atoms with Crippen LogP contribution in [0.1, 0.15) is 33.8 Å². The minimum absolute atomic E-state index is 0.0997. The molecule has 33 heavy (non-hydrogen) atoms. The van der Waals surface area contributed by atoms with Crippen molar-refractivity contribution < 1.29 is 27.2 Å². The van der Waals surface area contributed by atoms with Crippen LogP contribution in [0.25, 0.3) is 11.0 Å². The first kappa shape index (κ1) is 22.6. The molecule has 7 nitrogen and oxygen atoms in total. The molecular weight excluding hydrogens is 457 g/mol. The van der Waals surface area contributed by atoms with Gasteiger partial charge in [0, 0.05) is 13.0 Å². The molecule has 0 bridgehead atoms. The molecule has 0 unspecified atom stereocenters. The fraction of sp³-hybridized carbons (Fsp3) is 0.227. The molecule has 2 N–H and O–H groups in total. The smallest absolute Gasteiger partial charge is 0.416 e. The molecule has 3 aromatic heterocycles. The highest BCUT2D eigenvalue weighted by Gasteiger charge is 2.31. The van der Waals surface area contributed by atoms with E-state index in [2.05, 4.69) is 15.6 Å². The van der Waals surface area contributed by atoms with Crippen LogP contribution < -0.4 is 10.6 Å². The van der Waals surface area contributed by atoms with Gasteiger partial charge in [-0.1, -0.05) is 6.07 Å². The lowest BCUT2D eigenvalue weighted by atomic mass is 10.2. The summed E-state index contributed by atoms with van der Waals surface area (Å²) in [6.07, 6.45) is -2.53. The number of nitrogens with zero attached hydrogens (tertiary/aromatic N) is 2. The van der Waals surface area contributed by atoms with Crippen molar-refractivity contribution in [2.45, 2.75) is 25.6 Å². The topological polar surface area (TPSA) is 89.2 Å². The number of aromatic nitrogens is 2. The van der Waals surface area contributed by atoms with Crippen molar-refractivity contribution >= 4 is 40.1 Å². The van der Waals surface area contributed by atoms with Crippen molar-refractivity contribution in [2.75, 3.05) is 11.9 Å². The summed E-state index contributed by atoms with van der Waals surface area (Å²) in [4.78, 5) is 29.2. The summed E-state index contributed by atoms with van der Waals surface area (Å²) in [5.74, 6) is 0.105. The van der Waals surface area contributed by atoms with Gasteiger partial charge in [-0.25, -0.2) is 4.98 Å². The third-order valence-electron chi connectivity index (χ3n) is 4.83. The molecule has 0 radical (unpaired) electrons. The molecule has 2 amide bonds. The number of amides is 2. The Bertz CT molecular complexity index is 1250. The van der Waals surface area contributed by atoms with Crippen LogP contribution in [-0.4, -0.2) is 27.9 Å². The molecule has 11 heteroatoms. The van der Waals surface area contributed by atoms with Gasteiger partial charge in [-0.05, 0) is 48.2 Å². The van der Waals surface area contributed by atoms with Crippen LogP contribution in [0.4, 0.5) is 19.1 Å². The number of thiophene rings is 1. The van der Waals surface area contributed by atoms with Gasteiger partial charge in [-0.2, -0.15) is 13.2 Å². The zero-order valence-electron chi connectivity index (χ0n) is 17.2. The highest BCUT2D eigenvalue weighted by Crippen LogP contribution is 2.32. The molecule has 0 atom stereocenters. The minimum atomic E-state index is -4.50. The van der Waals surface area contributed by atoms with E-state index in [1.165, 1.54) is 23.7 Å². The van der Waals surface area contributed by atoms with E-state index in [1.807, 2.05) is 0 Å². The summed E-state index contributed by atoms with van der Waals surface area (Å²) in [6.45, 7) is 0.489. The van der Waals surface area contributed by atoms with Gasteiger partial charge >= 0.3 is 6.18 Å². The predicted octanol–water partition coefficient (Wildman–Crippen LogP) is 4.91. The lowest BCUT2D eigenvalue weighted by Crippen LogP contribution is -2.25. The molecule has 172 valence electrons. The second-order valence-electron chi connectivity index (χ2n) is 7.19. The normalized spacial score (nSPS) is 11.6. The molecule has 0 aliphatic carbocycles. The lowest BCUT2D eigenvalue weighted by Gasteiger charge is -2.10. The Morgan fingerprint density at radius 1 is 1.15 bits per heavy atom. The van der Waals surface area contributed by atoms with Crippen LogP contribution in [-0.2, 0) is 17.5 Å². The Kier molecular flexibility index (Phi) is 6.50. The average molecular weight is 476 g/mol. The van der Waals surface area contributed by atoms with Crippen molar-refractivity contribution in [1.82, 2.24) is 14.9 Å². The number of halogens is 3. The Labute approximate surface area is 190 Å². The SMILES string of the molecule is O=C(CCCNC(=O)c1cccs1)Nc1nc2cc(C(F)(F)F)ccc2n1Cc1ccco1. The summed E-state index contributed by atoms with van der Waals surface area (Å²) >= 11 is 1.32. The molecule has 3 heterocycles. The first-order chi connectivity index (χ1) is 15.8. The van der Waals surface area contributed by atoms with Gasteiger partial charge in [0.15, 0.2) is 0 Å². The number of furan rings is 1. The van der Waals surface area contributed by atoms with Gasteiger partial charge in [0.05, 0.1) is 34.3 Å². The second kappa shape index (κ2) is 9.49. The van der Waals surface area contributed by atoms with Crippen LogP contribution in [0, 0.1) is 0 Å². The minimum Gasteiger partial charge on any atom is -0.467 e. The maximum absolute atomic E-state index is 13.1. The van der Waals surface area contributed by atoms with Crippen LogP contribution in [0.15, 0.2) is 58.5 Å². The van der Waals surface area contributed by atoms with E-state index in [0.29, 0.717) is 29.1 Å². The van der Waals surface area contributed by atoms with E-state index in [0.717, 1.165) is 12.1 Å². The van der Waals surface area contributed by atoms with Gasteiger partial charge in [-0.15, -0.1) is 11.3 Å². The average Bonchev–Trinajstić information content (AvgIpc) is 3.53. The Morgan fingerprint density at radius 2 is 2.00 bits per heavy atom. The summed E-state index contributed by atoms with van der Waals surface area (Å²) in [7, 11) is 0. The molecule has 0 saturated heterocycles. The second-order valence-corrected chi connectivity index (χ2v) is 8.13. The fourth-order valence-corrected chi connectivity index (χ4v) is 3.89. The van der Waals surface area contributed by atoms with Crippen molar-refractivity contribution in [1.29, 1.82) is 0 Å². The lowest BCUT2D eigenvalue weighted by molar-refractivity contribution is -0.137. The summed E-state index contributed by atoms with van der Waals surface area (Å²) in [5, 5.41) is 7.21. The van der Waals surface area contributed by atoms with Crippen LogP contribution in [0.5, 0.6) is 0 Å². The maximum atomic E-state index is 13.1. The Balaban J connectivity index is 1.45. The van der Waals surface area contributed by atoms with Crippen LogP contribution in [0.2, 0.25) is 0 Å². The largest absolute Gasteiger partial charge is 0.467 e. The third-order valence-corrected chi connectivity index (χ3v) is 5.70. The zero-order chi connectivity index (χ0) is 23.4. The standard InChI is InChI=1S/C22H19F3N4O3S/c23-22(24,25)14-7-8-17-16(12-14)27-21(29(17)13-15-4-2-10-32-15)28-19(30)6-1-9-26-20(31)18-5-3-11-33-18/h2-5,7-8,10-12H,1,6,9,13H2,(H,26,31)(H,27,28,30). The highest BCUT2D eigenvalue weighted by molar-refractivity contribution is 7.12. The van der Waals surface area contributed by atoms with Gasteiger partial charge in [0.2, 0.25) is 11.9 Å². The molecule has 1 aromatic carbocycles. The Hall–Kier alpha value is -3.60. The van der Waals surface area contributed by atoms with E-state index in [4.69, 9.17) is 4.42 Å². The summed E-state index contributed by atoms with van der Waals surface area (Å²) in [6, 6.07) is 10.1. The molecule has 0 aliphatic rings. The Morgan fingerprint density at radius 3 is 2.70 bits per heavy atom. The molecular formula is C22H19F3N4O3S. The monoisotopic (exact) mass is 476 g/mol. The molecule has 0 aliphatic heterocycles. The summed E-state index contributed by atoms with van der Waals surface area (Å²) < 4.78 is 46.3. The number of hydrogen-bond donors (Lipinski definition) is 2. The maximum Gasteiger partial charge on any atom is 0.416 e. The van der Waals surface area contributed by atoms with Gasteiger partial charge in [0.1, 0.15) is 5.76 Å². The van der Waals surface area contributed by atoms with Crippen molar-refractivity contribution in [3.8, 4) is 0 Å². The van der Waals surface area contributed by atoms with E-state index in [1.54, 1.807) is 34.2 Å². The van der Waals surface area contributed by atoms with Crippen LogP contribution >= 0.6 is 11.3 Å². The molecule has 4 rings (SSSR count). The van der Waals surface area contributed by atoms with E-state index in [9.17, 15) is 22.8 Å². The quantitative estimate of drug-likeness (QED) is 0.354. The number of imidazole rings is 1. The third kappa shape index (κ3) is 5.43. The van der Waals surface area contributed by atoms with E-state index >= 15 is 0 Å². The molecule has 0 fully saturated rings. The number of carbonyl (C=O) groups excluding carboxylic acids is 2. The number of rotatable bonds is 8. The number of hydrogen-bond acceptors (Lipinski definition) is 5. The summed E-state index contributed by atoms with van der Waals surface area (Å²) in [5.41, 5.74) is -0.287. The van der Waals surface area contributed by atoms with Gasteiger partial charge in [-0.3, -0.25) is 14.9 Å². The van der Waals surface area contributed by atoms with Crippen LogP contribution in [0.3, 0.4) is 0 Å². The number of fused-ring (bicyclic) bond motifs is 1. The first-order valence-corrected chi connectivity index (χ1v) is 10.9. The van der Waals surface area contributed by atoms with Crippen molar-refractivity contribution in [3.63, 3.8) is 0 Å². The van der Waals surface area contributed by atoms with Crippen molar-refractivity contribution in [2.24, 2.45) is 0 Å². The first-order valence-electron chi connectivity index (χ1n) is 10.0. The zero-order valence-corrected chi connectivity index (χ0v) is 18.0. The number of alkyl halides is 3. The van der Waals surface area contributed by atoms with Gasteiger partial charge in [0.25, 0.3) is 5.91 Å². The highest BCUT2D eigenvalue weighted by atomic mass is 32.1. The molecule has 0 saturated carbocycles. The fourth-order valence-electron chi connectivity index (χ4n) is 3.25. The molecule has 0 spiro atoms. The predicted molar refractivity (Wildman–Crippen MR) is 117 cm³/mol. The van der Waals surface area contributed by atoms with Crippen molar-refractivity contribution in [3.05, 3.63) is 70.3 Å².